The number of ether oxygens (including phenoxy) is 2. The van der Waals surface area contributed by atoms with E-state index in [2.05, 4.69) is 4.74 Å². The summed E-state index contributed by atoms with van der Waals surface area (Å²) in [4.78, 5) is 21.4. The van der Waals surface area contributed by atoms with Crippen molar-refractivity contribution >= 4 is 11.9 Å². The lowest BCUT2D eigenvalue weighted by Gasteiger charge is -2.08. The topological polar surface area (TPSA) is 98.9 Å². The zero-order chi connectivity index (χ0) is 12.8. The van der Waals surface area contributed by atoms with Gasteiger partial charge in [0.15, 0.2) is 6.61 Å². The number of esters is 1. The monoisotopic (exact) mass is 239 g/mol. The Morgan fingerprint density at radius 1 is 1.35 bits per heavy atom. The Hall–Kier alpha value is -2.08. The molecule has 0 unspecified atom stereocenters. The first kappa shape index (κ1) is 13.0. The van der Waals surface area contributed by atoms with Crippen molar-refractivity contribution in [3.63, 3.8) is 0 Å². The molecule has 0 saturated carbocycles. The fourth-order valence-electron chi connectivity index (χ4n) is 1.12. The van der Waals surface area contributed by atoms with Crippen molar-refractivity contribution in [1.29, 1.82) is 0 Å². The van der Waals surface area contributed by atoms with Crippen LogP contribution in [-0.4, -0.2) is 30.8 Å². The zero-order valence-corrected chi connectivity index (χ0v) is 9.25. The number of benzene rings is 1. The van der Waals surface area contributed by atoms with Gasteiger partial charge in [0, 0.05) is 0 Å². The number of methoxy groups -OCH3 is 1. The number of hydrogen-bond donors (Lipinski definition) is 2. The molecule has 0 spiro atoms. The molecule has 3 N–H and O–H groups in total. The van der Waals surface area contributed by atoms with Crippen LogP contribution in [0.3, 0.4) is 0 Å². The van der Waals surface area contributed by atoms with E-state index < -0.39 is 18.0 Å². The number of carbonyl (C=O) groups is 2. The summed E-state index contributed by atoms with van der Waals surface area (Å²) < 4.78 is 9.49. The minimum Gasteiger partial charge on any atom is -0.482 e. The van der Waals surface area contributed by atoms with Crippen LogP contribution in [0.25, 0.3) is 0 Å². The molecule has 6 nitrogen and oxygen atoms in total. The largest absolute Gasteiger partial charge is 0.482 e. The van der Waals surface area contributed by atoms with E-state index in [4.69, 9.17) is 15.6 Å². The minimum atomic E-state index is -1.10. The first-order valence-corrected chi connectivity index (χ1v) is 4.82. The number of nitrogens with two attached hydrogens (primary N) is 1. The number of aliphatic carboxylic acids is 1. The third-order valence-electron chi connectivity index (χ3n) is 2.09. The van der Waals surface area contributed by atoms with Gasteiger partial charge in [0.1, 0.15) is 11.8 Å². The summed E-state index contributed by atoms with van der Waals surface area (Å²) in [6.45, 7) is -0.194. The van der Waals surface area contributed by atoms with Gasteiger partial charge in [0.05, 0.1) is 7.11 Å². The van der Waals surface area contributed by atoms with E-state index in [1.807, 2.05) is 0 Å². The van der Waals surface area contributed by atoms with Gasteiger partial charge in [0.2, 0.25) is 0 Å². The van der Waals surface area contributed by atoms with Crippen molar-refractivity contribution in [2.24, 2.45) is 5.73 Å². The lowest BCUT2D eigenvalue weighted by Crippen LogP contribution is -2.20. The highest BCUT2D eigenvalue weighted by atomic mass is 16.6. The SMILES string of the molecule is COC(=O)COc1ccc([C@@H](N)C(=O)O)cc1. The lowest BCUT2D eigenvalue weighted by molar-refractivity contribution is -0.143. The van der Waals surface area contributed by atoms with E-state index in [1.165, 1.54) is 19.2 Å². The van der Waals surface area contributed by atoms with Crippen LogP contribution in [0, 0.1) is 0 Å². The normalized spacial score (nSPS) is 11.6. The predicted octanol–water partition coefficient (Wildman–Crippen LogP) is 0.323. The molecule has 0 radical (unpaired) electrons. The number of carboxylic acid groups (broad SMARTS) is 1. The van der Waals surface area contributed by atoms with E-state index in [0.717, 1.165) is 0 Å². The molecular weight excluding hydrogens is 226 g/mol. The second kappa shape index (κ2) is 5.86. The van der Waals surface area contributed by atoms with Crippen molar-refractivity contribution in [3.05, 3.63) is 29.8 Å². The fourth-order valence-corrected chi connectivity index (χ4v) is 1.12. The van der Waals surface area contributed by atoms with Gasteiger partial charge in [-0.25, -0.2) is 4.79 Å². The fraction of sp³-hybridized carbons (Fsp3) is 0.273. The van der Waals surface area contributed by atoms with Crippen molar-refractivity contribution in [2.45, 2.75) is 6.04 Å². The van der Waals surface area contributed by atoms with Crippen molar-refractivity contribution < 1.29 is 24.2 Å². The van der Waals surface area contributed by atoms with Crippen LogP contribution in [0.5, 0.6) is 5.75 Å². The Morgan fingerprint density at radius 3 is 2.41 bits per heavy atom. The van der Waals surface area contributed by atoms with Crippen molar-refractivity contribution in [2.75, 3.05) is 13.7 Å². The van der Waals surface area contributed by atoms with Crippen LogP contribution in [0.1, 0.15) is 11.6 Å². The Bertz CT molecular complexity index is 401. The van der Waals surface area contributed by atoms with Crippen LogP contribution in [0.15, 0.2) is 24.3 Å². The van der Waals surface area contributed by atoms with E-state index in [1.54, 1.807) is 12.1 Å². The Balaban J connectivity index is 2.62. The van der Waals surface area contributed by atoms with Crippen LogP contribution < -0.4 is 10.5 Å². The minimum absolute atomic E-state index is 0.194. The van der Waals surface area contributed by atoms with Gasteiger partial charge in [-0.15, -0.1) is 0 Å². The molecule has 0 amide bonds. The highest BCUT2D eigenvalue weighted by Gasteiger charge is 2.13. The molecule has 1 rings (SSSR count). The molecular formula is C11H13NO5. The number of carboxylic acids is 1. The van der Waals surface area contributed by atoms with E-state index >= 15 is 0 Å². The smallest absolute Gasteiger partial charge is 0.343 e. The molecule has 0 heterocycles. The van der Waals surface area contributed by atoms with E-state index in [9.17, 15) is 9.59 Å². The Kier molecular flexibility index (Phi) is 4.47. The van der Waals surface area contributed by atoms with E-state index in [-0.39, 0.29) is 6.61 Å². The molecule has 0 aliphatic rings. The maximum absolute atomic E-state index is 10.8. The molecule has 0 aliphatic heterocycles. The lowest BCUT2D eigenvalue weighted by atomic mass is 10.1. The Labute approximate surface area is 97.9 Å². The molecule has 6 heteroatoms. The molecule has 1 atom stereocenters. The standard InChI is InChI=1S/C11H13NO5/c1-16-9(13)6-17-8-4-2-7(3-5-8)10(12)11(14)15/h2-5,10H,6,12H2,1H3,(H,14,15)/t10-/m1/s1. The summed E-state index contributed by atoms with van der Waals surface area (Å²) in [5.74, 6) is -1.15. The van der Waals surface area contributed by atoms with Gasteiger partial charge < -0.3 is 20.3 Å². The molecule has 92 valence electrons. The molecule has 0 aliphatic carbocycles. The molecule has 0 bridgehead atoms. The summed E-state index contributed by atoms with van der Waals surface area (Å²) in [6.07, 6.45) is 0. The maximum Gasteiger partial charge on any atom is 0.343 e. The molecule has 0 saturated heterocycles. The molecule has 1 aromatic rings. The first-order chi connectivity index (χ1) is 8.04. The van der Waals surface area contributed by atoms with Gasteiger partial charge in [-0.1, -0.05) is 12.1 Å². The Morgan fingerprint density at radius 2 is 1.94 bits per heavy atom. The average Bonchev–Trinajstić information content (AvgIpc) is 2.35. The zero-order valence-electron chi connectivity index (χ0n) is 9.25. The van der Waals surface area contributed by atoms with Crippen LogP contribution in [0.2, 0.25) is 0 Å². The molecule has 17 heavy (non-hydrogen) atoms. The summed E-state index contributed by atoms with van der Waals surface area (Å²) >= 11 is 0. The maximum atomic E-state index is 10.8. The molecule has 1 aromatic carbocycles. The van der Waals surface area contributed by atoms with Gasteiger partial charge >= 0.3 is 11.9 Å². The average molecular weight is 239 g/mol. The highest BCUT2D eigenvalue weighted by Crippen LogP contribution is 2.16. The first-order valence-electron chi connectivity index (χ1n) is 4.82. The van der Waals surface area contributed by atoms with E-state index in [0.29, 0.717) is 11.3 Å². The van der Waals surface area contributed by atoms with Crippen LogP contribution >= 0.6 is 0 Å². The number of hydrogen-bond acceptors (Lipinski definition) is 5. The van der Waals surface area contributed by atoms with Crippen LogP contribution in [0.4, 0.5) is 0 Å². The summed E-state index contributed by atoms with van der Waals surface area (Å²) in [6, 6.07) is 5.09. The van der Waals surface area contributed by atoms with Gasteiger partial charge in [-0.05, 0) is 17.7 Å². The third-order valence-corrected chi connectivity index (χ3v) is 2.09. The number of rotatable bonds is 5. The molecule has 0 fully saturated rings. The highest BCUT2D eigenvalue weighted by molar-refractivity contribution is 5.75. The summed E-state index contributed by atoms with van der Waals surface area (Å²) in [5, 5.41) is 8.70. The number of carbonyl (C=O) groups excluding carboxylic acids is 1. The summed E-state index contributed by atoms with van der Waals surface area (Å²) in [7, 11) is 1.26. The third kappa shape index (κ3) is 3.76. The van der Waals surface area contributed by atoms with Gasteiger partial charge in [-0.3, -0.25) is 4.79 Å². The molecule has 0 aromatic heterocycles. The van der Waals surface area contributed by atoms with Gasteiger partial charge in [0.25, 0.3) is 0 Å². The van der Waals surface area contributed by atoms with Gasteiger partial charge in [-0.2, -0.15) is 0 Å². The second-order valence-electron chi connectivity index (χ2n) is 3.25. The summed E-state index contributed by atoms with van der Waals surface area (Å²) in [5.41, 5.74) is 5.88. The second-order valence-corrected chi connectivity index (χ2v) is 3.25. The predicted molar refractivity (Wildman–Crippen MR) is 58.5 cm³/mol. The van der Waals surface area contributed by atoms with Crippen molar-refractivity contribution in [1.82, 2.24) is 0 Å². The van der Waals surface area contributed by atoms with Crippen molar-refractivity contribution in [3.8, 4) is 5.75 Å². The quantitative estimate of drug-likeness (QED) is 0.718. The van der Waals surface area contributed by atoms with Crippen LogP contribution in [-0.2, 0) is 14.3 Å².